The van der Waals surface area contributed by atoms with Crippen molar-refractivity contribution in [3.8, 4) is 0 Å². The molecule has 1 unspecified atom stereocenters. The molecule has 0 heterocycles. The minimum absolute atomic E-state index is 0.123. The van der Waals surface area contributed by atoms with Crippen molar-refractivity contribution in [3.05, 3.63) is 10.1 Å². The fraction of sp³-hybridized carbons (Fsp3) is 0.750. The van der Waals surface area contributed by atoms with Crippen molar-refractivity contribution in [2.75, 3.05) is 13.7 Å². The van der Waals surface area contributed by atoms with E-state index >= 15 is 0 Å². The second-order valence-electron chi connectivity index (χ2n) is 2.86. The summed E-state index contributed by atoms with van der Waals surface area (Å²) < 4.78 is 4.38. The van der Waals surface area contributed by atoms with E-state index in [0.29, 0.717) is 12.7 Å². The van der Waals surface area contributed by atoms with Crippen LogP contribution in [0.1, 0.15) is 19.3 Å². The first-order valence-electron chi connectivity index (χ1n) is 4.24. The maximum Gasteiger partial charge on any atom is 0.305 e. The van der Waals surface area contributed by atoms with Crippen LogP contribution in [0.5, 0.6) is 0 Å². The number of carbonyl (C=O) groups excluding carboxylic acids is 2. The Kier molecular flexibility index (Phi) is 6.26. The quantitative estimate of drug-likeness (QED) is 0.259. The van der Waals surface area contributed by atoms with Gasteiger partial charge in [-0.05, 0) is 6.42 Å². The molecule has 0 aliphatic heterocycles. The highest BCUT2D eigenvalue weighted by Gasteiger charge is 2.13. The molecule has 0 aliphatic rings. The average molecular weight is 203 g/mol. The van der Waals surface area contributed by atoms with Crippen LogP contribution in [0.4, 0.5) is 0 Å². The zero-order valence-electron chi connectivity index (χ0n) is 7.97. The van der Waals surface area contributed by atoms with E-state index in [4.69, 9.17) is 0 Å². The van der Waals surface area contributed by atoms with E-state index in [0.717, 1.165) is 0 Å². The van der Waals surface area contributed by atoms with Gasteiger partial charge in [-0.2, -0.15) is 0 Å². The SMILES string of the molecule is COC(=O)CCC(C=O)CC[N+](=O)[O-]. The number of nitro groups is 1. The van der Waals surface area contributed by atoms with Crippen molar-refractivity contribution in [1.29, 1.82) is 0 Å². The fourth-order valence-corrected chi connectivity index (χ4v) is 0.957. The van der Waals surface area contributed by atoms with Gasteiger partial charge in [-0.3, -0.25) is 14.9 Å². The summed E-state index contributed by atoms with van der Waals surface area (Å²) in [6.45, 7) is -0.245. The van der Waals surface area contributed by atoms with Gasteiger partial charge >= 0.3 is 5.97 Å². The van der Waals surface area contributed by atoms with Gasteiger partial charge < -0.3 is 9.53 Å². The molecule has 0 aromatic heterocycles. The third-order valence-electron chi connectivity index (χ3n) is 1.82. The number of nitrogens with zero attached hydrogens (tertiary/aromatic N) is 1. The minimum atomic E-state index is -0.478. The maximum atomic E-state index is 10.7. The molecule has 0 fully saturated rings. The van der Waals surface area contributed by atoms with Gasteiger partial charge in [0.2, 0.25) is 6.54 Å². The van der Waals surface area contributed by atoms with Gasteiger partial charge in [-0.15, -0.1) is 0 Å². The summed E-state index contributed by atoms with van der Waals surface area (Å²) in [5, 5.41) is 10.0. The molecule has 0 rings (SSSR count). The van der Waals surface area contributed by atoms with Crippen LogP contribution in [-0.2, 0) is 14.3 Å². The Morgan fingerprint density at radius 3 is 2.64 bits per heavy atom. The Morgan fingerprint density at radius 2 is 2.21 bits per heavy atom. The molecule has 0 radical (unpaired) electrons. The van der Waals surface area contributed by atoms with E-state index < -0.39 is 16.8 Å². The molecule has 0 aliphatic carbocycles. The topological polar surface area (TPSA) is 86.5 Å². The smallest absolute Gasteiger partial charge is 0.305 e. The standard InChI is InChI=1S/C8H13NO5/c1-14-8(11)3-2-7(6-10)4-5-9(12)13/h6-7H,2-5H2,1H3. The number of aldehydes is 1. The summed E-state index contributed by atoms with van der Waals surface area (Å²) >= 11 is 0. The number of esters is 1. The number of carbonyl (C=O) groups is 2. The van der Waals surface area contributed by atoms with Crippen LogP contribution in [-0.4, -0.2) is 30.8 Å². The molecule has 0 aromatic rings. The van der Waals surface area contributed by atoms with E-state index in [2.05, 4.69) is 4.74 Å². The zero-order valence-corrected chi connectivity index (χ0v) is 7.97. The predicted molar refractivity (Wildman–Crippen MR) is 47.3 cm³/mol. The van der Waals surface area contributed by atoms with Crippen molar-refractivity contribution in [2.24, 2.45) is 5.92 Å². The van der Waals surface area contributed by atoms with Crippen LogP contribution in [0.15, 0.2) is 0 Å². The van der Waals surface area contributed by atoms with Gasteiger partial charge in [0.15, 0.2) is 0 Å². The molecule has 0 aromatic carbocycles. The summed E-state index contributed by atoms with van der Waals surface area (Å²) in [6.07, 6.45) is 1.25. The number of hydrogen-bond acceptors (Lipinski definition) is 5. The Balaban J connectivity index is 3.73. The Bertz CT molecular complexity index is 216. The number of methoxy groups -OCH3 is 1. The molecule has 6 heteroatoms. The number of ether oxygens (including phenoxy) is 1. The third-order valence-corrected chi connectivity index (χ3v) is 1.82. The Labute approximate surface area is 81.4 Å². The van der Waals surface area contributed by atoms with Crippen molar-refractivity contribution < 1.29 is 19.2 Å². The minimum Gasteiger partial charge on any atom is -0.469 e. The first-order valence-corrected chi connectivity index (χ1v) is 4.24. The average Bonchev–Trinajstić information content (AvgIpc) is 2.17. The molecular weight excluding hydrogens is 190 g/mol. The molecule has 6 nitrogen and oxygen atoms in total. The third kappa shape index (κ3) is 6.10. The summed E-state index contributed by atoms with van der Waals surface area (Å²) in [7, 11) is 1.26. The molecule has 0 saturated heterocycles. The monoisotopic (exact) mass is 203 g/mol. The summed E-state index contributed by atoms with van der Waals surface area (Å²) in [5.41, 5.74) is 0. The lowest BCUT2D eigenvalue weighted by molar-refractivity contribution is -0.481. The Morgan fingerprint density at radius 1 is 1.57 bits per heavy atom. The highest BCUT2D eigenvalue weighted by atomic mass is 16.6. The highest BCUT2D eigenvalue weighted by molar-refractivity contribution is 5.69. The normalized spacial score (nSPS) is 11.8. The highest BCUT2D eigenvalue weighted by Crippen LogP contribution is 2.08. The van der Waals surface area contributed by atoms with Gasteiger partial charge in [0, 0.05) is 23.7 Å². The van der Waals surface area contributed by atoms with Crippen LogP contribution in [0.25, 0.3) is 0 Å². The second kappa shape index (κ2) is 6.99. The lowest BCUT2D eigenvalue weighted by atomic mass is 10.0. The maximum absolute atomic E-state index is 10.7. The lowest BCUT2D eigenvalue weighted by Gasteiger charge is -2.05. The zero-order chi connectivity index (χ0) is 11.0. The van der Waals surface area contributed by atoms with Crippen molar-refractivity contribution >= 4 is 12.3 Å². The molecule has 0 saturated carbocycles. The first-order chi connectivity index (χ1) is 6.60. The van der Waals surface area contributed by atoms with Crippen LogP contribution < -0.4 is 0 Å². The molecular formula is C8H13NO5. The number of rotatable bonds is 7. The summed E-state index contributed by atoms with van der Waals surface area (Å²) in [4.78, 5) is 30.7. The van der Waals surface area contributed by atoms with E-state index in [-0.39, 0.29) is 19.4 Å². The molecule has 0 amide bonds. The van der Waals surface area contributed by atoms with E-state index in [9.17, 15) is 19.7 Å². The number of hydrogen-bond donors (Lipinski definition) is 0. The van der Waals surface area contributed by atoms with Gasteiger partial charge in [0.05, 0.1) is 7.11 Å². The molecule has 0 bridgehead atoms. The van der Waals surface area contributed by atoms with Crippen LogP contribution >= 0.6 is 0 Å². The summed E-state index contributed by atoms with van der Waals surface area (Å²) in [5.74, 6) is -0.836. The fourth-order valence-electron chi connectivity index (χ4n) is 0.957. The van der Waals surface area contributed by atoms with Crippen LogP contribution in [0.2, 0.25) is 0 Å². The van der Waals surface area contributed by atoms with Crippen molar-refractivity contribution in [1.82, 2.24) is 0 Å². The van der Waals surface area contributed by atoms with E-state index in [1.54, 1.807) is 0 Å². The van der Waals surface area contributed by atoms with Crippen LogP contribution in [0.3, 0.4) is 0 Å². The molecule has 0 N–H and O–H groups in total. The molecule has 0 spiro atoms. The molecule has 1 atom stereocenters. The molecule has 14 heavy (non-hydrogen) atoms. The molecule has 80 valence electrons. The Hall–Kier alpha value is -1.46. The summed E-state index contributed by atoms with van der Waals surface area (Å²) in [6, 6.07) is 0. The second-order valence-corrected chi connectivity index (χ2v) is 2.86. The van der Waals surface area contributed by atoms with Gasteiger partial charge in [-0.1, -0.05) is 0 Å². The van der Waals surface area contributed by atoms with Crippen molar-refractivity contribution in [2.45, 2.75) is 19.3 Å². The van der Waals surface area contributed by atoms with Crippen LogP contribution in [0, 0.1) is 16.0 Å². The van der Waals surface area contributed by atoms with Gasteiger partial charge in [0.25, 0.3) is 0 Å². The lowest BCUT2D eigenvalue weighted by Crippen LogP contribution is -2.12. The van der Waals surface area contributed by atoms with E-state index in [1.165, 1.54) is 7.11 Å². The van der Waals surface area contributed by atoms with Gasteiger partial charge in [0.1, 0.15) is 6.29 Å². The predicted octanol–water partition coefficient (Wildman–Crippen LogP) is 0.421. The first kappa shape index (κ1) is 12.5. The largest absolute Gasteiger partial charge is 0.469 e. The van der Waals surface area contributed by atoms with Gasteiger partial charge in [-0.25, -0.2) is 0 Å². The van der Waals surface area contributed by atoms with Crippen molar-refractivity contribution in [3.63, 3.8) is 0 Å². The van der Waals surface area contributed by atoms with E-state index in [1.807, 2.05) is 0 Å².